The van der Waals surface area contributed by atoms with Crippen LogP contribution in [0.4, 0.5) is 0 Å². The Kier molecular flexibility index (Phi) is 4.70. The molecule has 17 heavy (non-hydrogen) atoms. The van der Waals surface area contributed by atoms with Crippen LogP contribution in [0.2, 0.25) is 0 Å². The third-order valence-corrected chi connectivity index (χ3v) is 4.81. The van der Waals surface area contributed by atoms with E-state index in [-0.39, 0.29) is 29.9 Å². The Morgan fingerprint density at radius 1 is 1.53 bits per heavy atom. The summed E-state index contributed by atoms with van der Waals surface area (Å²) in [5.74, 6) is 1.34. The second kappa shape index (κ2) is 6.07. The van der Waals surface area contributed by atoms with E-state index in [2.05, 4.69) is 0 Å². The minimum Gasteiger partial charge on any atom is -0.394 e. The summed E-state index contributed by atoms with van der Waals surface area (Å²) < 4.78 is 5.46. The van der Waals surface area contributed by atoms with Gasteiger partial charge in [-0.25, -0.2) is 0 Å². The Morgan fingerprint density at radius 3 is 3.00 bits per heavy atom. The van der Waals surface area contributed by atoms with E-state index < -0.39 is 0 Å². The molecule has 2 heterocycles. The number of amides is 1. The van der Waals surface area contributed by atoms with Gasteiger partial charge in [0.25, 0.3) is 0 Å². The van der Waals surface area contributed by atoms with Crippen LogP contribution in [0.25, 0.3) is 0 Å². The molecule has 3 atom stereocenters. The smallest absolute Gasteiger partial charge is 0.236 e. The molecule has 0 radical (unpaired) electrons. The van der Waals surface area contributed by atoms with Crippen LogP contribution in [-0.4, -0.2) is 58.8 Å². The fourth-order valence-corrected chi connectivity index (χ4v) is 3.62. The fourth-order valence-electron chi connectivity index (χ4n) is 2.36. The normalized spacial score (nSPS) is 34.7. The van der Waals surface area contributed by atoms with Gasteiger partial charge in [0.15, 0.2) is 0 Å². The summed E-state index contributed by atoms with van der Waals surface area (Å²) in [5, 5.41) is 9.25. The van der Waals surface area contributed by atoms with E-state index in [4.69, 9.17) is 9.84 Å². The van der Waals surface area contributed by atoms with Gasteiger partial charge in [0.05, 0.1) is 30.6 Å². The average molecular weight is 259 g/mol. The van der Waals surface area contributed by atoms with Gasteiger partial charge < -0.3 is 14.7 Å². The molecule has 0 aromatic carbocycles. The molecule has 2 saturated heterocycles. The summed E-state index contributed by atoms with van der Waals surface area (Å²) in [6.07, 6.45) is 3.18. The lowest BCUT2D eigenvalue weighted by atomic mass is 10.1. The van der Waals surface area contributed by atoms with Gasteiger partial charge in [-0.05, 0) is 25.5 Å². The lowest BCUT2D eigenvalue weighted by molar-refractivity contribution is -0.145. The van der Waals surface area contributed by atoms with E-state index >= 15 is 0 Å². The molecule has 0 aromatic heterocycles. The van der Waals surface area contributed by atoms with Crippen molar-refractivity contribution in [2.24, 2.45) is 0 Å². The van der Waals surface area contributed by atoms with E-state index in [9.17, 15) is 4.79 Å². The topological polar surface area (TPSA) is 49.8 Å². The summed E-state index contributed by atoms with van der Waals surface area (Å²) in [7, 11) is 0. The largest absolute Gasteiger partial charge is 0.394 e. The molecule has 0 aliphatic carbocycles. The van der Waals surface area contributed by atoms with E-state index in [1.807, 2.05) is 11.8 Å². The highest BCUT2D eigenvalue weighted by atomic mass is 32.2. The molecular formula is C12H21NO3S. The van der Waals surface area contributed by atoms with Crippen molar-refractivity contribution in [3.05, 3.63) is 0 Å². The number of nitrogens with zero attached hydrogens (tertiary/aromatic N) is 1. The molecule has 5 heteroatoms. The van der Waals surface area contributed by atoms with E-state index in [0.717, 1.165) is 18.6 Å². The quantitative estimate of drug-likeness (QED) is 0.800. The maximum atomic E-state index is 12.4. The Balaban J connectivity index is 1.95. The van der Waals surface area contributed by atoms with Gasteiger partial charge in [-0.2, -0.15) is 0 Å². The predicted octanol–water partition coefficient (Wildman–Crippen LogP) is 0.880. The van der Waals surface area contributed by atoms with Gasteiger partial charge in [0, 0.05) is 6.54 Å². The molecule has 4 nitrogen and oxygen atoms in total. The van der Waals surface area contributed by atoms with Crippen molar-refractivity contribution < 1.29 is 14.6 Å². The maximum absolute atomic E-state index is 12.4. The summed E-state index contributed by atoms with van der Waals surface area (Å²) in [6, 6.07) is 0.132. The van der Waals surface area contributed by atoms with Crippen LogP contribution in [0.1, 0.15) is 26.2 Å². The van der Waals surface area contributed by atoms with Crippen molar-refractivity contribution in [2.75, 3.05) is 25.5 Å². The maximum Gasteiger partial charge on any atom is 0.236 e. The molecule has 0 saturated carbocycles. The molecule has 0 spiro atoms. The summed E-state index contributed by atoms with van der Waals surface area (Å²) >= 11 is 1.78. The van der Waals surface area contributed by atoms with Gasteiger partial charge in [-0.1, -0.05) is 6.42 Å². The lowest BCUT2D eigenvalue weighted by Gasteiger charge is -2.39. The number of aliphatic hydroxyl groups is 1. The highest BCUT2D eigenvalue weighted by Gasteiger charge is 2.33. The van der Waals surface area contributed by atoms with Crippen molar-refractivity contribution in [1.82, 2.24) is 4.90 Å². The number of hydrogen-bond donors (Lipinski definition) is 1. The molecule has 98 valence electrons. The molecule has 2 aliphatic heterocycles. The first-order valence-electron chi connectivity index (χ1n) is 6.37. The third-order valence-electron chi connectivity index (χ3n) is 3.45. The number of morpholine rings is 1. The van der Waals surface area contributed by atoms with Crippen LogP contribution < -0.4 is 0 Å². The third kappa shape index (κ3) is 3.14. The van der Waals surface area contributed by atoms with Crippen LogP contribution >= 0.6 is 11.8 Å². The average Bonchev–Trinajstić information content (AvgIpc) is 2.39. The first-order valence-corrected chi connectivity index (χ1v) is 7.41. The molecule has 2 aliphatic rings. The van der Waals surface area contributed by atoms with Gasteiger partial charge in [0.2, 0.25) is 5.91 Å². The number of carbonyl (C=O) groups is 1. The zero-order valence-corrected chi connectivity index (χ0v) is 11.1. The SMILES string of the molecule is CC1COC(CO)CN1C(=O)C1CCCCS1. The Morgan fingerprint density at radius 2 is 2.35 bits per heavy atom. The van der Waals surface area contributed by atoms with E-state index in [1.165, 1.54) is 6.42 Å². The molecule has 0 bridgehead atoms. The first kappa shape index (κ1) is 13.2. The second-order valence-electron chi connectivity index (χ2n) is 4.83. The minimum absolute atomic E-state index is 0.00565. The molecule has 3 unspecified atom stereocenters. The predicted molar refractivity (Wildman–Crippen MR) is 68.1 cm³/mol. The molecular weight excluding hydrogens is 238 g/mol. The highest BCUT2D eigenvalue weighted by Crippen LogP contribution is 2.28. The van der Waals surface area contributed by atoms with E-state index in [0.29, 0.717) is 13.2 Å². The zero-order chi connectivity index (χ0) is 12.3. The second-order valence-corrected chi connectivity index (χ2v) is 6.14. The van der Waals surface area contributed by atoms with Crippen LogP contribution in [0, 0.1) is 0 Å². The van der Waals surface area contributed by atoms with Crippen molar-refractivity contribution in [2.45, 2.75) is 43.6 Å². The van der Waals surface area contributed by atoms with Crippen LogP contribution in [0.15, 0.2) is 0 Å². The van der Waals surface area contributed by atoms with Crippen molar-refractivity contribution in [3.63, 3.8) is 0 Å². The summed E-state index contributed by atoms with van der Waals surface area (Å²) in [5.41, 5.74) is 0. The first-order chi connectivity index (χ1) is 8.22. The monoisotopic (exact) mass is 259 g/mol. The Hall–Kier alpha value is -0.260. The number of rotatable bonds is 2. The van der Waals surface area contributed by atoms with Crippen molar-refractivity contribution in [3.8, 4) is 0 Å². The highest BCUT2D eigenvalue weighted by molar-refractivity contribution is 8.00. The van der Waals surface area contributed by atoms with Crippen LogP contribution in [0.3, 0.4) is 0 Å². The summed E-state index contributed by atoms with van der Waals surface area (Å²) in [4.78, 5) is 14.3. The number of hydrogen-bond acceptors (Lipinski definition) is 4. The zero-order valence-electron chi connectivity index (χ0n) is 10.3. The van der Waals surface area contributed by atoms with Crippen LogP contribution in [0.5, 0.6) is 0 Å². The molecule has 2 rings (SSSR count). The fraction of sp³-hybridized carbons (Fsp3) is 0.917. The Labute approximate surface area is 107 Å². The number of aliphatic hydroxyl groups excluding tert-OH is 1. The molecule has 1 N–H and O–H groups in total. The molecule has 0 aromatic rings. The van der Waals surface area contributed by atoms with Crippen LogP contribution in [-0.2, 0) is 9.53 Å². The number of ether oxygens (including phenoxy) is 1. The molecule has 2 fully saturated rings. The summed E-state index contributed by atoms with van der Waals surface area (Å²) in [6.45, 7) is 3.08. The standard InChI is InChI=1S/C12H21NO3S/c1-9-8-16-10(7-14)6-13(9)12(15)11-4-2-3-5-17-11/h9-11,14H,2-8H2,1H3. The van der Waals surface area contributed by atoms with Crippen molar-refractivity contribution in [1.29, 1.82) is 0 Å². The lowest BCUT2D eigenvalue weighted by Crippen LogP contribution is -2.54. The number of carbonyl (C=O) groups excluding carboxylic acids is 1. The van der Waals surface area contributed by atoms with Crippen molar-refractivity contribution >= 4 is 17.7 Å². The van der Waals surface area contributed by atoms with Gasteiger partial charge in [-0.3, -0.25) is 4.79 Å². The van der Waals surface area contributed by atoms with Gasteiger partial charge in [0.1, 0.15) is 0 Å². The number of thioether (sulfide) groups is 1. The minimum atomic E-state index is -0.205. The Bertz CT molecular complexity index is 268. The van der Waals surface area contributed by atoms with Gasteiger partial charge >= 0.3 is 0 Å². The van der Waals surface area contributed by atoms with E-state index in [1.54, 1.807) is 11.8 Å². The van der Waals surface area contributed by atoms with Gasteiger partial charge in [-0.15, -0.1) is 11.8 Å². The molecule has 1 amide bonds.